The molecule has 1 aromatic rings. The first-order chi connectivity index (χ1) is 7.72. The number of nitrogens with zero attached hydrogens (tertiary/aromatic N) is 3. The molecule has 0 radical (unpaired) electrons. The van der Waals surface area contributed by atoms with Gasteiger partial charge < -0.3 is 10.0 Å². The Bertz CT molecular complexity index is 355. The number of aromatic nitrogens is 2. The lowest BCUT2D eigenvalue weighted by Crippen LogP contribution is -2.47. The number of hydrogen-bond donors (Lipinski definition) is 1. The van der Waals surface area contributed by atoms with Gasteiger partial charge in [0.05, 0.1) is 0 Å². The SMILES string of the molecule is CCC1CCN(c2ncns2)C(C(=O)O)C1. The molecule has 0 saturated carbocycles. The number of aliphatic carboxylic acids is 1. The van der Waals surface area contributed by atoms with Crippen LogP contribution in [-0.4, -0.2) is 33.0 Å². The van der Waals surface area contributed by atoms with E-state index in [9.17, 15) is 9.90 Å². The van der Waals surface area contributed by atoms with Gasteiger partial charge in [-0.1, -0.05) is 13.3 Å². The molecule has 1 aliphatic heterocycles. The average Bonchev–Trinajstić information content (AvgIpc) is 2.81. The number of anilines is 1. The van der Waals surface area contributed by atoms with Crippen LogP contribution in [0.5, 0.6) is 0 Å². The van der Waals surface area contributed by atoms with Crippen molar-refractivity contribution in [3.05, 3.63) is 6.33 Å². The summed E-state index contributed by atoms with van der Waals surface area (Å²) in [5.41, 5.74) is 0. The molecule has 1 fully saturated rings. The van der Waals surface area contributed by atoms with Gasteiger partial charge in [0, 0.05) is 18.1 Å². The molecule has 1 N–H and O–H groups in total. The first-order valence-corrected chi connectivity index (χ1v) is 6.25. The number of carboxylic acids is 1. The molecule has 0 spiro atoms. The monoisotopic (exact) mass is 241 g/mol. The van der Waals surface area contributed by atoms with Gasteiger partial charge in [0.15, 0.2) is 0 Å². The van der Waals surface area contributed by atoms with E-state index in [1.54, 1.807) is 0 Å². The molecule has 2 atom stereocenters. The Morgan fingerprint density at radius 1 is 1.75 bits per heavy atom. The van der Waals surface area contributed by atoms with E-state index in [2.05, 4.69) is 16.3 Å². The van der Waals surface area contributed by atoms with Crippen LogP contribution in [0.2, 0.25) is 0 Å². The summed E-state index contributed by atoms with van der Waals surface area (Å²) in [6.07, 6.45) is 4.28. The summed E-state index contributed by atoms with van der Waals surface area (Å²) in [4.78, 5) is 17.2. The smallest absolute Gasteiger partial charge is 0.326 e. The zero-order valence-corrected chi connectivity index (χ0v) is 9.98. The minimum absolute atomic E-state index is 0.438. The molecule has 16 heavy (non-hydrogen) atoms. The molecule has 2 rings (SSSR count). The standard InChI is InChI=1S/C10H15N3O2S/c1-2-7-3-4-13(8(5-7)9(14)15)10-11-6-12-16-10/h6-8H,2-5H2,1H3,(H,14,15). The van der Waals surface area contributed by atoms with E-state index in [0.29, 0.717) is 12.3 Å². The van der Waals surface area contributed by atoms with E-state index in [1.165, 1.54) is 17.9 Å². The van der Waals surface area contributed by atoms with Crippen LogP contribution in [0, 0.1) is 5.92 Å². The van der Waals surface area contributed by atoms with Crippen molar-refractivity contribution in [1.29, 1.82) is 0 Å². The number of rotatable bonds is 3. The third kappa shape index (κ3) is 2.16. The summed E-state index contributed by atoms with van der Waals surface area (Å²) in [5.74, 6) is -0.237. The molecular weight excluding hydrogens is 226 g/mol. The van der Waals surface area contributed by atoms with Crippen LogP contribution in [0.25, 0.3) is 0 Å². The number of piperidine rings is 1. The summed E-state index contributed by atoms with van der Waals surface area (Å²) in [5, 5.41) is 9.96. The van der Waals surface area contributed by atoms with Crippen LogP contribution in [0.3, 0.4) is 0 Å². The normalized spacial score (nSPS) is 25.7. The van der Waals surface area contributed by atoms with Gasteiger partial charge in [-0.25, -0.2) is 9.78 Å². The highest BCUT2D eigenvalue weighted by Crippen LogP contribution is 2.30. The number of hydrogen-bond acceptors (Lipinski definition) is 5. The Morgan fingerprint density at radius 3 is 3.12 bits per heavy atom. The van der Waals surface area contributed by atoms with Gasteiger partial charge in [-0.3, -0.25) is 0 Å². The Hall–Kier alpha value is -1.17. The van der Waals surface area contributed by atoms with Crippen LogP contribution >= 0.6 is 11.5 Å². The van der Waals surface area contributed by atoms with Gasteiger partial charge >= 0.3 is 5.97 Å². The molecule has 0 amide bonds. The van der Waals surface area contributed by atoms with Crippen LogP contribution in [0.1, 0.15) is 26.2 Å². The molecule has 5 nitrogen and oxygen atoms in total. The summed E-state index contributed by atoms with van der Waals surface area (Å²) in [6, 6.07) is -0.438. The summed E-state index contributed by atoms with van der Waals surface area (Å²) in [7, 11) is 0. The van der Waals surface area contributed by atoms with Crippen molar-refractivity contribution in [3.8, 4) is 0 Å². The lowest BCUT2D eigenvalue weighted by atomic mass is 9.89. The fourth-order valence-corrected chi connectivity index (χ4v) is 2.77. The van der Waals surface area contributed by atoms with Crippen LogP contribution in [-0.2, 0) is 4.79 Å². The van der Waals surface area contributed by atoms with E-state index >= 15 is 0 Å². The molecule has 88 valence electrons. The topological polar surface area (TPSA) is 66.3 Å². The molecule has 0 aliphatic carbocycles. The van der Waals surface area contributed by atoms with Crippen LogP contribution < -0.4 is 4.90 Å². The highest BCUT2D eigenvalue weighted by Gasteiger charge is 2.34. The van der Waals surface area contributed by atoms with Gasteiger partial charge in [-0.15, -0.1) is 0 Å². The molecule has 2 unspecified atom stereocenters. The first-order valence-electron chi connectivity index (χ1n) is 5.48. The van der Waals surface area contributed by atoms with Gasteiger partial charge in [0.25, 0.3) is 0 Å². The van der Waals surface area contributed by atoms with Gasteiger partial charge in [-0.2, -0.15) is 4.37 Å². The average molecular weight is 241 g/mol. The zero-order chi connectivity index (χ0) is 11.5. The second-order valence-electron chi connectivity index (χ2n) is 4.07. The number of carbonyl (C=O) groups is 1. The highest BCUT2D eigenvalue weighted by molar-refractivity contribution is 7.09. The maximum absolute atomic E-state index is 11.2. The predicted molar refractivity (Wildman–Crippen MR) is 61.7 cm³/mol. The van der Waals surface area contributed by atoms with Crippen molar-refractivity contribution < 1.29 is 9.90 Å². The van der Waals surface area contributed by atoms with Crippen molar-refractivity contribution in [2.24, 2.45) is 5.92 Å². The Balaban J connectivity index is 2.15. The van der Waals surface area contributed by atoms with Gasteiger partial charge in [0.2, 0.25) is 5.13 Å². The lowest BCUT2D eigenvalue weighted by Gasteiger charge is -2.36. The molecule has 0 bridgehead atoms. The molecule has 2 heterocycles. The van der Waals surface area contributed by atoms with Crippen LogP contribution in [0.4, 0.5) is 5.13 Å². The molecule has 1 aliphatic rings. The largest absolute Gasteiger partial charge is 0.480 e. The zero-order valence-electron chi connectivity index (χ0n) is 9.17. The van der Waals surface area contributed by atoms with E-state index in [1.807, 2.05) is 4.90 Å². The van der Waals surface area contributed by atoms with Crippen molar-refractivity contribution >= 4 is 22.6 Å². The van der Waals surface area contributed by atoms with Crippen molar-refractivity contribution in [3.63, 3.8) is 0 Å². The van der Waals surface area contributed by atoms with E-state index in [4.69, 9.17) is 0 Å². The minimum atomic E-state index is -0.756. The highest BCUT2D eigenvalue weighted by atomic mass is 32.1. The molecule has 1 aromatic heterocycles. The minimum Gasteiger partial charge on any atom is -0.480 e. The summed E-state index contributed by atoms with van der Waals surface area (Å²) < 4.78 is 3.93. The summed E-state index contributed by atoms with van der Waals surface area (Å²) >= 11 is 1.26. The maximum atomic E-state index is 11.2. The van der Waals surface area contributed by atoms with E-state index in [0.717, 1.165) is 24.5 Å². The van der Waals surface area contributed by atoms with E-state index in [-0.39, 0.29) is 0 Å². The van der Waals surface area contributed by atoms with Crippen molar-refractivity contribution in [1.82, 2.24) is 9.36 Å². The first kappa shape index (κ1) is 11.3. The fraction of sp³-hybridized carbons (Fsp3) is 0.700. The second-order valence-corrected chi connectivity index (χ2v) is 4.83. The van der Waals surface area contributed by atoms with Crippen LogP contribution in [0.15, 0.2) is 6.33 Å². The quantitative estimate of drug-likeness (QED) is 0.871. The fourth-order valence-electron chi connectivity index (χ4n) is 2.17. The Labute approximate surface area is 98.3 Å². The van der Waals surface area contributed by atoms with Gasteiger partial charge in [-0.05, 0) is 18.8 Å². The van der Waals surface area contributed by atoms with E-state index < -0.39 is 12.0 Å². The Morgan fingerprint density at radius 2 is 2.56 bits per heavy atom. The predicted octanol–water partition coefficient (Wildman–Crippen LogP) is 1.62. The maximum Gasteiger partial charge on any atom is 0.326 e. The molecular formula is C10H15N3O2S. The Kier molecular flexibility index (Phi) is 3.38. The summed E-state index contributed by atoms with van der Waals surface area (Å²) in [6.45, 7) is 2.88. The molecule has 1 saturated heterocycles. The third-order valence-corrected chi connectivity index (χ3v) is 3.87. The third-order valence-electron chi connectivity index (χ3n) is 3.17. The lowest BCUT2D eigenvalue weighted by molar-refractivity contribution is -0.139. The van der Waals surface area contributed by atoms with Gasteiger partial charge in [0.1, 0.15) is 12.4 Å². The number of carboxylic acid groups (broad SMARTS) is 1. The van der Waals surface area contributed by atoms with Crippen molar-refractivity contribution in [2.45, 2.75) is 32.2 Å². The second kappa shape index (κ2) is 4.78. The van der Waals surface area contributed by atoms with Crippen molar-refractivity contribution in [2.75, 3.05) is 11.4 Å². The molecule has 0 aromatic carbocycles. The molecule has 6 heteroatoms.